The number of hydrogen-bond donors (Lipinski definition) is 2. The van der Waals surface area contributed by atoms with Crippen LogP contribution in [0, 0.1) is 6.92 Å². The lowest BCUT2D eigenvalue weighted by molar-refractivity contribution is 0.0861. The number of aliphatic hydroxyl groups is 1. The highest BCUT2D eigenvalue weighted by molar-refractivity contribution is 5.93. The number of aryl methyl sites for hydroxylation is 2. The molecular formula is C17H23N3O4. The number of carbonyl (C=O) groups excluding carboxylic acids is 1. The van der Waals surface area contributed by atoms with Crippen molar-refractivity contribution >= 4 is 5.91 Å². The summed E-state index contributed by atoms with van der Waals surface area (Å²) in [6.45, 7) is 4.38. The van der Waals surface area contributed by atoms with Gasteiger partial charge in [-0.05, 0) is 39.2 Å². The third-order valence-corrected chi connectivity index (χ3v) is 4.32. The summed E-state index contributed by atoms with van der Waals surface area (Å²) in [5.41, 5.74) is 0.719. The lowest BCUT2D eigenvalue weighted by Crippen LogP contribution is -2.42. The molecule has 1 fully saturated rings. The monoisotopic (exact) mass is 333 g/mol. The van der Waals surface area contributed by atoms with Gasteiger partial charge in [0.1, 0.15) is 18.5 Å². The second-order valence-electron chi connectivity index (χ2n) is 6.08. The predicted molar refractivity (Wildman–Crippen MR) is 86.8 cm³/mol. The molecule has 1 aliphatic rings. The van der Waals surface area contributed by atoms with E-state index in [4.69, 9.17) is 14.3 Å². The number of nitrogens with one attached hydrogen (secondary N) is 1. The summed E-state index contributed by atoms with van der Waals surface area (Å²) in [5, 5.41) is 16.3. The van der Waals surface area contributed by atoms with E-state index in [1.165, 1.54) is 0 Å². The molecule has 0 radical (unpaired) electrons. The molecule has 2 atom stereocenters. The predicted octanol–water partition coefficient (Wildman–Crippen LogP) is 2.03. The summed E-state index contributed by atoms with van der Waals surface area (Å²) < 4.78 is 13.2. The Morgan fingerprint density at radius 1 is 1.54 bits per heavy atom. The van der Waals surface area contributed by atoms with Crippen molar-refractivity contribution in [1.29, 1.82) is 0 Å². The van der Waals surface area contributed by atoms with Crippen molar-refractivity contribution in [3.63, 3.8) is 0 Å². The fourth-order valence-electron chi connectivity index (χ4n) is 3.07. The first-order valence-electron chi connectivity index (χ1n) is 8.30. The molecule has 1 amide bonds. The summed E-state index contributed by atoms with van der Waals surface area (Å²) in [6, 6.07) is 1.61. The lowest BCUT2D eigenvalue weighted by Gasteiger charge is -2.21. The average molecular weight is 333 g/mol. The Kier molecular flexibility index (Phi) is 4.89. The number of rotatable bonds is 6. The first kappa shape index (κ1) is 16.6. The zero-order chi connectivity index (χ0) is 17.1. The molecule has 1 aliphatic carbocycles. The summed E-state index contributed by atoms with van der Waals surface area (Å²) in [4.78, 5) is 12.4. The first-order valence-corrected chi connectivity index (χ1v) is 8.30. The Morgan fingerprint density at radius 3 is 3.04 bits per heavy atom. The number of carbonyl (C=O) groups is 1. The van der Waals surface area contributed by atoms with E-state index in [2.05, 4.69) is 10.4 Å². The second kappa shape index (κ2) is 7.09. The molecular weight excluding hydrogens is 310 g/mol. The number of ether oxygens (including phenoxy) is 1. The largest absolute Gasteiger partial charge is 0.485 e. The van der Waals surface area contributed by atoms with Crippen LogP contribution in [-0.2, 0) is 13.2 Å². The second-order valence-corrected chi connectivity index (χ2v) is 6.08. The van der Waals surface area contributed by atoms with Gasteiger partial charge in [-0.3, -0.25) is 9.48 Å². The van der Waals surface area contributed by atoms with Crippen LogP contribution in [0.4, 0.5) is 0 Å². The fourth-order valence-corrected chi connectivity index (χ4v) is 3.07. The van der Waals surface area contributed by atoms with Crippen molar-refractivity contribution in [2.45, 2.75) is 58.4 Å². The minimum Gasteiger partial charge on any atom is -0.485 e. The van der Waals surface area contributed by atoms with Gasteiger partial charge in [-0.2, -0.15) is 5.10 Å². The Balaban J connectivity index is 1.64. The molecule has 7 heteroatoms. The number of aromatic nitrogens is 2. The minimum absolute atomic E-state index is 0.0652. The van der Waals surface area contributed by atoms with E-state index in [0.717, 1.165) is 37.1 Å². The van der Waals surface area contributed by atoms with Gasteiger partial charge >= 0.3 is 0 Å². The molecule has 0 unspecified atom stereocenters. The van der Waals surface area contributed by atoms with Crippen LogP contribution in [0.15, 0.2) is 22.9 Å². The number of amides is 1. The quantitative estimate of drug-likeness (QED) is 0.844. The molecule has 0 aromatic carbocycles. The van der Waals surface area contributed by atoms with E-state index in [-0.39, 0.29) is 30.4 Å². The number of hydrogen-bond acceptors (Lipinski definition) is 5. The maximum Gasteiger partial charge on any atom is 0.287 e. The molecule has 0 spiro atoms. The van der Waals surface area contributed by atoms with Gasteiger partial charge in [-0.15, -0.1) is 0 Å². The highest BCUT2D eigenvalue weighted by atomic mass is 16.5. The van der Waals surface area contributed by atoms with Gasteiger partial charge in [0.15, 0.2) is 11.5 Å². The first-order chi connectivity index (χ1) is 11.6. The Morgan fingerprint density at radius 2 is 2.38 bits per heavy atom. The van der Waals surface area contributed by atoms with Crippen molar-refractivity contribution in [3.8, 4) is 5.75 Å². The van der Waals surface area contributed by atoms with Crippen molar-refractivity contribution in [2.75, 3.05) is 0 Å². The minimum atomic E-state index is -0.267. The van der Waals surface area contributed by atoms with Crippen LogP contribution in [0.1, 0.15) is 48.1 Å². The third-order valence-electron chi connectivity index (χ3n) is 4.32. The van der Waals surface area contributed by atoms with Crippen LogP contribution in [0.5, 0.6) is 5.75 Å². The average Bonchev–Trinajstić information content (AvgIpc) is 3.28. The van der Waals surface area contributed by atoms with Crippen molar-refractivity contribution < 1.29 is 19.1 Å². The fraction of sp³-hybridized carbons (Fsp3) is 0.529. The van der Waals surface area contributed by atoms with Crippen LogP contribution in [0.25, 0.3) is 0 Å². The third kappa shape index (κ3) is 3.46. The normalized spacial score (nSPS) is 20.3. The Bertz CT molecular complexity index is 707. The van der Waals surface area contributed by atoms with E-state index >= 15 is 0 Å². The van der Waals surface area contributed by atoms with E-state index in [1.54, 1.807) is 23.9 Å². The number of nitrogens with zero attached hydrogens (tertiary/aromatic N) is 2. The van der Waals surface area contributed by atoms with Crippen LogP contribution >= 0.6 is 0 Å². The highest BCUT2D eigenvalue weighted by Crippen LogP contribution is 2.25. The van der Waals surface area contributed by atoms with Crippen LogP contribution in [0.3, 0.4) is 0 Å². The smallest absolute Gasteiger partial charge is 0.287 e. The molecule has 3 rings (SSSR count). The maximum atomic E-state index is 12.4. The number of aliphatic hydroxyl groups excluding tert-OH is 1. The molecule has 0 saturated heterocycles. The highest BCUT2D eigenvalue weighted by Gasteiger charge is 2.32. The SMILES string of the molecule is CCn1cc(O[C@@H]2CCC[C@@H]2NC(=O)c2oc(CO)cc2C)cn1. The van der Waals surface area contributed by atoms with Gasteiger partial charge in [-0.25, -0.2) is 0 Å². The van der Waals surface area contributed by atoms with Crippen molar-refractivity contribution in [2.24, 2.45) is 0 Å². The molecule has 24 heavy (non-hydrogen) atoms. The molecule has 2 aromatic heterocycles. The molecule has 130 valence electrons. The van der Waals surface area contributed by atoms with Gasteiger partial charge in [-0.1, -0.05) is 0 Å². The van der Waals surface area contributed by atoms with Gasteiger partial charge in [0.05, 0.1) is 18.4 Å². The summed E-state index contributed by atoms with van der Waals surface area (Å²) in [6.07, 6.45) is 6.24. The van der Waals surface area contributed by atoms with Crippen molar-refractivity contribution in [3.05, 3.63) is 35.5 Å². The van der Waals surface area contributed by atoms with Crippen LogP contribution in [0.2, 0.25) is 0 Å². The molecule has 2 aromatic rings. The summed E-state index contributed by atoms with van der Waals surface area (Å²) in [5.74, 6) is 1.10. The number of furan rings is 1. The zero-order valence-electron chi connectivity index (χ0n) is 14.0. The molecule has 7 nitrogen and oxygen atoms in total. The topological polar surface area (TPSA) is 89.5 Å². The van der Waals surface area contributed by atoms with Gasteiger partial charge in [0, 0.05) is 12.1 Å². The van der Waals surface area contributed by atoms with Gasteiger partial charge in [0.25, 0.3) is 5.91 Å². The maximum absolute atomic E-state index is 12.4. The van der Waals surface area contributed by atoms with E-state index in [0.29, 0.717) is 5.76 Å². The van der Waals surface area contributed by atoms with E-state index < -0.39 is 0 Å². The molecule has 2 heterocycles. The molecule has 2 N–H and O–H groups in total. The zero-order valence-corrected chi connectivity index (χ0v) is 14.0. The van der Waals surface area contributed by atoms with E-state index in [1.807, 2.05) is 13.1 Å². The van der Waals surface area contributed by atoms with E-state index in [9.17, 15) is 4.79 Å². The summed E-state index contributed by atoms with van der Waals surface area (Å²) >= 11 is 0. The molecule has 0 bridgehead atoms. The molecule has 1 saturated carbocycles. The Labute approximate surface area is 140 Å². The standard InChI is InChI=1S/C17H23N3O4/c1-3-20-9-13(8-18-20)23-15-6-4-5-14(15)19-17(22)16-11(2)7-12(10-21)24-16/h7-9,14-15,21H,3-6,10H2,1-2H3,(H,19,22)/t14-,15+/m0/s1. The summed E-state index contributed by atoms with van der Waals surface area (Å²) in [7, 11) is 0. The van der Waals surface area contributed by atoms with Crippen LogP contribution < -0.4 is 10.1 Å². The molecule has 0 aliphatic heterocycles. The van der Waals surface area contributed by atoms with Crippen LogP contribution in [-0.4, -0.2) is 32.9 Å². The Hall–Kier alpha value is -2.28. The van der Waals surface area contributed by atoms with Crippen molar-refractivity contribution in [1.82, 2.24) is 15.1 Å². The lowest BCUT2D eigenvalue weighted by atomic mass is 10.2. The van der Waals surface area contributed by atoms with Gasteiger partial charge in [0.2, 0.25) is 0 Å². The van der Waals surface area contributed by atoms with Gasteiger partial charge < -0.3 is 19.6 Å².